The zero-order valence-corrected chi connectivity index (χ0v) is 14.8. The molecule has 0 unspecified atom stereocenters. The summed E-state index contributed by atoms with van der Waals surface area (Å²) in [4.78, 5) is 28.4. The van der Waals surface area contributed by atoms with Gasteiger partial charge < -0.3 is 10.2 Å². The van der Waals surface area contributed by atoms with Gasteiger partial charge in [-0.3, -0.25) is 14.5 Å². The number of anilines is 1. The number of benzene rings is 2. The van der Waals surface area contributed by atoms with Gasteiger partial charge in [-0.25, -0.2) is 8.78 Å². The maximum absolute atomic E-state index is 13.2. The topological polar surface area (TPSA) is 52.7 Å². The van der Waals surface area contributed by atoms with Crippen molar-refractivity contribution in [3.05, 3.63) is 65.7 Å². The summed E-state index contributed by atoms with van der Waals surface area (Å²) in [6.07, 6.45) is 0.736. The highest BCUT2D eigenvalue weighted by atomic mass is 19.1. The fourth-order valence-corrected chi connectivity index (χ4v) is 3.08. The second kappa shape index (κ2) is 8.73. The van der Waals surface area contributed by atoms with Gasteiger partial charge in [0.2, 0.25) is 5.91 Å². The highest BCUT2D eigenvalue weighted by Gasteiger charge is 2.21. The van der Waals surface area contributed by atoms with Crippen LogP contribution in [0.1, 0.15) is 16.8 Å². The lowest BCUT2D eigenvalue weighted by molar-refractivity contribution is -0.117. The van der Waals surface area contributed by atoms with E-state index in [-0.39, 0.29) is 24.2 Å². The molecule has 0 radical (unpaired) electrons. The Labute approximate surface area is 156 Å². The molecule has 0 aliphatic carbocycles. The van der Waals surface area contributed by atoms with E-state index in [4.69, 9.17) is 0 Å². The number of nitrogens with zero attached hydrogens (tertiary/aromatic N) is 2. The Bertz CT molecular complexity index is 811. The summed E-state index contributed by atoms with van der Waals surface area (Å²) in [7, 11) is 0. The fourth-order valence-electron chi connectivity index (χ4n) is 3.08. The monoisotopic (exact) mass is 373 g/mol. The average Bonchev–Trinajstić information content (AvgIpc) is 2.87. The van der Waals surface area contributed by atoms with E-state index < -0.39 is 5.82 Å². The molecule has 1 aliphatic rings. The van der Waals surface area contributed by atoms with E-state index in [0.29, 0.717) is 37.4 Å². The van der Waals surface area contributed by atoms with Crippen LogP contribution in [0.2, 0.25) is 0 Å². The lowest BCUT2D eigenvalue weighted by Gasteiger charge is -2.22. The standard InChI is InChI=1S/C20H21F2N3O2/c21-16-7-5-15(6-8-16)20(27)25-10-2-9-24(11-12-25)14-19(26)23-18-4-1-3-17(22)13-18/h1,3-8,13H,2,9-12,14H2,(H,23,26). The fraction of sp³-hybridized carbons (Fsp3) is 0.300. The molecule has 142 valence electrons. The van der Waals surface area contributed by atoms with Crippen LogP contribution in [-0.2, 0) is 4.79 Å². The molecule has 0 bridgehead atoms. The molecule has 5 nitrogen and oxygen atoms in total. The predicted molar refractivity (Wildman–Crippen MR) is 98.4 cm³/mol. The third kappa shape index (κ3) is 5.34. The van der Waals surface area contributed by atoms with Crippen LogP contribution >= 0.6 is 0 Å². The van der Waals surface area contributed by atoms with Gasteiger partial charge in [0.15, 0.2) is 0 Å². The van der Waals surface area contributed by atoms with E-state index >= 15 is 0 Å². The number of amides is 2. The highest BCUT2D eigenvalue weighted by molar-refractivity contribution is 5.94. The van der Waals surface area contributed by atoms with E-state index in [2.05, 4.69) is 5.32 Å². The SMILES string of the molecule is O=C(CN1CCCN(C(=O)c2ccc(F)cc2)CC1)Nc1cccc(F)c1. The summed E-state index contributed by atoms with van der Waals surface area (Å²) in [6.45, 7) is 2.49. The Morgan fingerprint density at radius 2 is 1.70 bits per heavy atom. The molecule has 0 saturated carbocycles. The molecular weight excluding hydrogens is 352 g/mol. The first kappa shape index (κ1) is 19.0. The first-order chi connectivity index (χ1) is 13.0. The number of halogens is 2. The summed E-state index contributed by atoms with van der Waals surface area (Å²) in [5, 5.41) is 2.68. The normalized spacial score (nSPS) is 15.3. The highest BCUT2D eigenvalue weighted by Crippen LogP contribution is 2.12. The maximum Gasteiger partial charge on any atom is 0.253 e. The zero-order chi connectivity index (χ0) is 19.2. The Morgan fingerprint density at radius 1 is 0.926 bits per heavy atom. The first-order valence-electron chi connectivity index (χ1n) is 8.84. The smallest absolute Gasteiger partial charge is 0.253 e. The minimum atomic E-state index is -0.405. The van der Waals surface area contributed by atoms with Gasteiger partial charge in [0.05, 0.1) is 6.54 Å². The van der Waals surface area contributed by atoms with E-state index in [1.54, 1.807) is 11.0 Å². The van der Waals surface area contributed by atoms with Crippen molar-refractivity contribution in [2.45, 2.75) is 6.42 Å². The van der Waals surface area contributed by atoms with Crippen molar-refractivity contribution in [2.24, 2.45) is 0 Å². The van der Waals surface area contributed by atoms with Crippen LogP contribution in [0.25, 0.3) is 0 Å². The molecule has 2 aromatic rings. The van der Waals surface area contributed by atoms with Crippen LogP contribution in [0.4, 0.5) is 14.5 Å². The van der Waals surface area contributed by atoms with E-state index in [1.807, 2.05) is 4.90 Å². The minimum absolute atomic E-state index is 0.138. The van der Waals surface area contributed by atoms with Gasteiger partial charge in [0, 0.05) is 37.4 Å². The number of carbonyl (C=O) groups is 2. The molecule has 0 atom stereocenters. The quantitative estimate of drug-likeness (QED) is 0.897. The molecular formula is C20H21F2N3O2. The Morgan fingerprint density at radius 3 is 2.44 bits per heavy atom. The maximum atomic E-state index is 13.2. The minimum Gasteiger partial charge on any atom is -0.337 e. The molecule has 1 N–H and O–H groups in total. The van der Waals surface area contributed by atoms with Gasteiger partial charge >= 0.3 is 0 Å². The molecule has 7 heteroatoms. The largest absolute Gasteiger partial charge is 0.337 e. The molecule has 1 aliphatic heterocycles. The number of carbonyl (C=O) groups excluding carboxylic acids is 2. The summed E-state index contributed by atoms with van der Waals surface area (Å²) >= 11 is 0. The van der Waals surface area contributed by atoms with E-state index in [0.717, 1.165) is 6.42 Å². The molecule has 0 spiro atoms. The predicted octanol–water partition coefficient (Wildman–Crippen LogP) is 2.75. The van der Waals surface area contributed by atoms with Crippen LogP contribution in [-0.4, -0.2) is 54.3 Å². The first-order valence-corrected chi connectivity index (χ1v) is 8.84. The molecule has 1 saturated heterocycles. The number of hydrogen-bond acceptors (Lipinski definition) is 3. The summed E-state index contributed by atoms with van der Waals surface area (Å²) in [5.41, 5.74) is 0.872. The van der Waals surface area contributed by atoms with Crippen molar-refractivity contribution >= 4 is 17.5 Å². The van der Waals surface area contributed by atoms with E-state index in [9.17, 15) is 18.4 Å². The lowest BCUT2D eigenvalue weighted by atomic mass is 10.2. The van der Waals surface area contributed by atoms with Gasteiger partial charge in [-0.15, -0.1) is 0 Å². The van der Waals surface area contributed by atoms with Crippen LogP contribution in [0, 0.1) is 11.6 Å². The molecule has 1 heterocycles. The number of rotatable bonds is 4. The molecule has 1 fully saturated rings. The van der Waals surface area contributed by atoms with Crippen molar-refractivity contribution in [1.29, 1.82) is 0 Å². The second-order valence-electron chi connectivity index (χ2n) is 6.49. The van der Waals surface area contributed by atoms with Crippen molar-refractivity contribution in [1.82, 2.24) is 9.80 Å². The lowest BCUT2D eigenvalue weighted by Crippen LogP contribution is -2.38. The second-order valence-corrected chi connectivity index (χ2v) is 6.49. The van der Waals surface area contributed by atoms with Crippen molar-refractivity contribution in [2.75, 3.05) is 38.0 Å². The van der Waals surface area contributed by atoms with Gasteiger partial charge in [-0.1, -0.05) is 6.07 Å². The van der Waals surface area contributed by atoms with Crippen LogP contribution in [0.5, 0.6) is 0 Å². The van der Waals surface area contributed by atoms with E-state index in [1.165, 1.54) is 42.5 Å². The molecule has 2 amide bonds. The third-order valence-corrected chi connectivity index (χ3v) is 4.44. The van der Waals surface area contributed by atoms with Crippen molar-refractivity contribution < 1.29 is 18.4 Å². The third-order valence-electron chi connectivity index (χ3n) is 4.44. The Kier molecular flexibility index (Phi) is 6.13. The van der Waals surface area contributed by atoms with Gasteiger partial charge in [0.25, 0.3) is 5.91 Å². The molecule has 2 aromatic carbocycles. The molecule has 27 heavy (non-hydrogen) atoms. The number of hydrogen-bond donors (Lipinski definition) is 1. The summed E-state index contributed by atoms with van der Waals surface area (Å²) < 4.78 is 26.2. The van der Waals surface area contributed by atoms with Crippen LogP contribution < -0.4 is 5.32 Å². The van der Waals surface area contributed by atoms with Crippen LogP contribution in [0.15, 0.2) is 48.5 Å². The van der Waals surface area contributed by atoms with Gasteiger partial charge in [0.1, 0.15) is 11.6 Å². The number of nitrogens with one attached hydrogen (secondary N) is 1. The summed E-state index contributed by atoms with van der Waals surface area (Å²) in [5.74, 6) is -1.14. The van der Waals surface area contributed by atoms with Gasteiger partial charge in [-0.2, -0.15) is 0 Å². The zero-order valence-electron chi connectivity index (χ0n) is 14.8. The van der Waals surface area contributed by atoms with Crippen molar-refractivity contribution in [3.8, 4) is 0 Å². The average molecular weight is 373 g/mol. The van der Waals surface area contributed by atoms with Crippen LogP contribution in [0.3, 0.4) is 0 Å². The molecule has 0 aromatic heterocycles. The van der Waals surface area contributed by atoms with Gasteiger partial charge in [-0.05, 0) is 48.9 Å². The van der Waals surface area contributed by atoms with Crippen molar-refractivity contribution in [3.63, 3.8) is 0 Å². The molecule has 3 rings (SSSR count). The Hall–Kier alpha value is -2.80. The Balaban J connectivity index is 1.52. The summed E-state index contributed by atoms with van der Waals surface area (Å²) in [6, 6.07) is 11.3.